The topological polar surface area (TPSA) is 86.4 Å². The first kappa shape index (κ1) is 20.3. The molecule has 170 valence electrons. The summed E-state index contributed by atoms with van der Waals surface area (Å²) < 4.78 is 35.8. The predicted molar refractivity (Wildman–Crippen MR) is 127 cm³/mol. The Hall–Kier alpha value is -3.33. The number of nitrogens with zero attached hydrogens (tertiary/aromatic N) is 4. The molecule has 9 heteroatoms. The lowest BCUT2D eigenvalue weighted by atomic mass is 10.1. The van der Waals surface area contributed by atoms with Crippen molar-refractivity contribution < 1.29 is 17.9 Å². The van der Waals surface area contributed by atoms with E-state index in [0.29, 0.717) is 23.7 Å². The van der Waals surface area contributed by atoms with Gasteiger partial charge in [-0.1, -0.05) is 18.2 Å². The third-order valence-electron chi connectivity index (χ3n) is 6.62. The summed E-state index contributed by atoms with van der Waals surface area (Å²) in [5.41, 5.74) is 4.23. The Morgan fingerprint density at radius 2 is 1.94 bits per heavy atom. The van der Waals surface area contributed by atoms with Crippen LogP contribution in [-0.2, 0) is 27.8 Å². The standard InChI is InChI=1S/C24H24N4O4S/c1-32-24(29)17-11-18-22-20(13-17)28(33(2,30)31)10-9-26(22)23(25-18)21-12-16-5-3-4-6-19(16)27(21)14-15-7-8-15/h3-6,11-13,15H,7-10,14H2,1-2H3. The maximum Gasteiger partial charge on any atom is 0.338 e. The third-order valence-corrected chi connectivity index (χ3v) is 7.80. The predicted octanol–water partition coefficient (Wildman–Crippen LogP) is 3.63. The molecule has 1 saturated carbocycles. The number of esters is 1. The number of ether oxygens (including phenoxy) is 1. The van der Waals surface area contributed by atoms with Gasteiger partial charge in [-0.05, 0) is 43.0 Å². The molecule has 6 rings (SSSR count). The van der Waals surface area contributed by atoms with E-state index in [2.05, 4.69) is 27.3 Å². The summed E-state index contributed by atoms with van der Waals surface area (Å²) >= 11 is 0. The van der Waals surface area contributed by atoms with Crippen LogP contribution in [0.2, 0.25) is 0 Å². The molecule has 2 aromatic heterocycles. The second-order valence-electron chi connectivity index (χ2n) is 8.92. The van der Waals surface area contributed by atoms with E-state index in [1.54, 1.807) is 12.1 Å². The monoisotopic (exact) mass is 464 g/mol. The largest absolute Gasteiger partial charge is 0.465 e. The average molecular weight is 465 g/mol. The fraction of sp³-hybridized carbons (Fsp3) is 0.333. The SMILES string of the molecule is COC(=O)c1cc2c3c(c1)nc(-c1cc4ccccc4n1CC1CC1)n3CCN2S(C)(=O)=O. The lowest BCUT2D eigenvalue weighted by Gasteiger charge is -2.29. The van der Waals surface area contributed by atoms with Gasteiger partial charge in [0.2, 0.25) is 10.0 Å². The van der Waals surface area contributed by atoms with E-state index in [-0.39, 0.29) is 12.1 Å². The summed E-state index contributed by atoms with van der Waals surface area (Å²) in [5.74, 6) is 0.942. The molecule has 3 heterocycles. The number of rotatable bonds is 5. The zero-order chi connectivity index (χ0) is 22.9. The van der Waals surface area contributed by atoms with Crippen LogP contribution in [0, 0.1) is 5.92 Å². The van der Waals surface area contributed by atoms with Crippen molar-refractivity contribution in [3.8, 4) is 11.5 Å². The van der Waals surface area contributed by atoms with E-state index in [1.807, 2.05) is 12.1 Å². The second kappa shape index (κ2) is 7.08. The number of carbonyl (C=O) groups excluding carboxylic acids is 1. The molecule has 0 bridgehead atoms. The van der Waals surface area contributed by atoms with Crippen LogP contribution in [0.1, 0.15) is 23.2 Å². The van der Waals surface area contributed by atoms with Gasteiger partial charge in [-0.2, -0.15) is 0 Å². The molecule has 0 N–H and O–H groups in total. The maximum absolute atomic E-state index is 12.5. The minimum Gasteiger partial charge on any atom is -0.465 e. The van der Waals surface area contributed by atoms with Crippen LogP contribution in [0.3, 0.4) is 0 Å². The normalized spacial score (nSPS) is 16.0. The van der Waals surface area contributed by atoms with Crippen LogP contribution in [0.4, 0.5) is 5.69 Å². The zero-order valence-electron chi connectivity index (χ0n) is 18.5. The van der Waals surface area contributed by atoms with Gasteiger partial charge in [-0.25, -0.2) is 18.2 Å². The van der Waals surface area contributed by atoms with E-state index in [1.165, 1.54) is 36.0 Å². The van der Waals surface area contributed by atoms with Gasteiger partial charge >= 0.3 is 5.97 Å². The molecule has 1 fully saturated rings. The fourth-order valence-corrected chi connectivity index (χ4v) is 5.80. The quantitative estimate of drug-likeness (QED) is 0.421. The highest BCUT2D eigenvalue weighted by molar-refractivity contribution is 7.92. The van der Waals surface area contributed by atoms with Gasteiger partial charge in [-0.3, -0.25) is 4.31 Å². The van der Waals surface area contributed by atoms with Gasteiger partial charge in [0.25, 0.3) is 0 Å². The van der Waals surface area contributed by atoms with Crippen molar-refractivity contribution >= 4 is 43.6 Å². The molecular formula is C24H24N4O4S. The number of carbonyl (C=O) groups is 1. The number of hydrogen-bond acceptors (Lipinski definition) is 5. The van der Waals surface area contributed by atoms with Gasteiger partial charge in [0.15, 0.2) is 5.82 Å². The average Bonchev–Trinajstić information content (AvgIpc) is 3.44. The first-order chi connectivity index (χ1) is 15.8. The van der Waals surface area contributed by atoms with Crippen LogP contribution < -0.4 is 4.31 Å². The van der Waals surface area contributed by atoms with Crippen molar-refractivity contribution in [1.29, 1.82) is 0 Å². The fourth-order valence-electron chi connectivity index (χ4n) is 4.89. The van der Waals surface area contributed by atoms with Crippen molar-refractivity contribution in [3.63, 3.8) is 0 Å². The van der Waals surface area contributed by atoms with Gasteiger partial charge < -0.3 is 13.9 Å². The van der Waals surface area contributed by atoms with Gasteiger partial charge in [0.05, 0.1) is 47.9 Å². The minimum absolute atomic E-state index is 0.276. The van der Waals surface area contributed by atoms with Crippen LogP contribution >= 0.6 is 0 Å². The summed E-state index contributed by atoms with van der Waals surface area (Å²) in [5, 5.41) is 1.15. The summed E-state index contributed by atoms with van der Waals surface area (Å²) in [7, 11) is -2.21. The second-order valence-corrected chi connectivity index (χ2v) is 10.8. The maximum atomic E-state index is 12.5. The molecule has 4 aromatic rings. The number of anilines is 1. The number of para-hydroxylation sites is 1. The molecule has 1 aliphatic carbocycles. The van der Waals surface area contributed by atoms with Crippen LogP contribution in [0.25, 0.3) is 33.5 Å². The van der Waals surface area contributed by atoms with Gasteiger partial charge in [0.1, 0.15) is 0 Å². The minimum atomic E-state index is -3.52. The lowest BCUT2D eigenvalue weighted by Crippen LogP contribution is -2.36. The van der Waals surface area contributed by atoms with E-state index in [4.69, 9.17) is 9.72 Å². The first-order valence-electron chi connectivity index (χ1n) is 11.0. The Labute approximate surface area is 191 Å². The molecule has 2 aromatic carbocycles. The third kappa shape index (κ3) is 3.21. The summed E-state index contributed by atoms with van der Waals surface area (Å²) in [6.07, 6.45) is 3.65. The molecule has 0 unspecified atom stereocenters. The number of methoxy groups -OCH3 is 1. The highest BCUT2D eigenvalue weighted by atomic mass is 32.2. The van der Waals surface area contributed by atoms with Crippen molar-refractivity contribution in [2.75, 3.05) is 24.2 Å². The molecule has 1 aliphatic heterocycles. The number of fused-ring (bicyclic) bond motifs is 1. The number of hydrogen-bond donors (Lipinski definition) is 0. The highest BCUT2D eigenvalue weighted by Crippen LogP contribution is 2.40. The van der Waals surface area contributed by atoms with E-state index >= 15 is 0 Å². The Morgan fingerprint density at radius 1 is 1.15 bits per heavy atom. The summed E-state index contributed by atoms with van der Waals surface area (Å²) in [6, 6.07) is 13.8. The zero-order valence-corrected chi connectivity index (χ0v) is 19.3. The van der Waals surface area contributed by atoms with E-state index in [0.717, 1.165) is 29.0 Å². The molecule has 0 spiro atoms. The number of sulfonamides is 1. The molecule has 0 amide bonds. The van der Waals surface area contributed by atoms with Crippen molar-refractivity contribution in [1.82, 2.24) is 14.1 Å². The van der Waals surface area contributed by atoms with E-state index < -0.39 is 16.0 Å². The van der Waals surface area contributed by atoms with Gasteiger partial charge in [-0.15, -0.1) is 0 Å². The Kier molecular flexibility index (Phi) is 4.35. The van der Waals surface area contributed by atoms with Crippen molar-refractivity contribution in [3.05, 3.63) is 48.0 Å². The molecule has 0 atom stereocenters. The summed E-state index contributed by atoms with van der Waals surface area (Å²) in [4.78, 5) is 17.3. The highest BCUT2D eigenvalue weighted by Gasteiger charge is 2.31. The summed E-state index contributed by atoms with van der Waals surface area (Å²) in [6.45, 7) is 1.69. The molecule has 2 aliphatic rings. The molecular weight excluding hydrogens is 440 g/mol. The van der Waals surface area contributed by atoms with Crippen molar-refractivity contribution in [2.24, 2.45) is 5.92 Å². The van der Waals surface area contributed by atoms with Crippen molar-refractivity contribution in [2.45, 2.75) is 25.9 Å². The molecule has 0 saturated heterocycles. The number of imidazole rings is 1. The van der Waals surface area contributed by atoms with Crippen LogP contribution in [0.5, 0.6) is 0 Å². The number of aromatic nitrogens is 3. The Bertz CT molecular complexity index is 1550. The van der Waals surface area contributed by atoms with E-state index in [9.17, 15) is 13.2 Å². The Balaban J connectivity index is 1.64. The molecule has 8 nitrogen and oxygen atoms in total. The van der Waals surface area contributed by atoms with Crippen LogP contribution in [0.15, 0.2) is 42.5 Å². The Morgan fingerprint density at radius 3 is 2.67 bits per heavy atom. The van der Waals surface area contributed by atoms with Crippen LogP contribution in [-0.4, -0.2) is 48.4 Å². The molecule has 33 heavy (non-hydrogen) atoms. The number of benzene rings is 2. The first-order valence-corrected chi connectivity index (χ1v) is 12.9. The lowest BCUT2D eigenvalue weighted by molar-refractivity contribution is 0.0601. The smallest absolute Gasteiger partial charge is 0.338 e. The van der Waals surface area contributed by atoms with Gasteiger partial charge in [0, 0.05) is 24.0 Å². The molecule has 0 radical (unpaired) electrons.